The molecule has 0 radical (unpaired) electrons. The fourth-order valence-corrected chi connectivity index (χ4v) is 3.30. The minimum atomic E-state index is -3.78. The van der Waals surface area contributed by atoms with Gasteiger partial charge in [0.1, 0.15) is 4.90 Å². The van der Waals surface area contributed by atoms with E-state index in [-0.39, 0.29) is 9.92 Å². The summed E-state index contributed by atoms with van der Waals surface area (Å²) in [5.74, 6) is 0. The van der Waals surface area contributed by atoms with Gasteiger partial charge in [-0.05, 0) is 42.8 Å². The van der Waals surface area contributed by atoms with Gasteiger partial charge >= 0.3 is 0 Å². The largest absolute Gasteiger partial charge is 0.280 e. The van der Waals surface area contributed by atoms with Gasteiger partial charge in [0.2, 0.25) is 0 Å². The molecule has 0 heterocycles. The van der Waals surface area contributed by atoms with E-state index in [4.69, 9.17) is 16.9 Å². The topological polar surface area (TPSA) is 70.0 Å². The summed E-state index contributed by atoms with van der Waals surface area (Å²) in [5, 5.41) is 8.77. The van der Waals surface area contributed by atoms with Crippen molar-refractivity contribution < 1.29 is 8.42 Å². The maximum Gasteiger partial charge on any atom is 0.263 e. The molecule has 0 aromatic heterocycles. The summed E-state index contributed by atoms with van der Waals surface area (Å²) in [7, 11) is -3.78. The fraction of sp³-hybridized carbons (Fsp3) is 0.0714. The first-order chi connectivity index (χ1) is 9.42. The first-order valence-electron chi connectivity index (χ1n) is 5.71. The summed E-state index contributed by atoms with van der Waals surface area (Å²) in [5.41, 5.74) is 1.71. The molecule has 0 aliphatic heterocycles. The third-order valence-corrected chi connectivity index (χ3v) is 4.49. The zero-order valence-corrected chi connectivity index (χ0v) is 12.2. The molecule has 0 saturated heterocycles. The first-order valence-corrected chi connectivity index (χ1v) is 7.57. The molecule has 0 bridgehead atoms. The maximum absolute atomic E-state index is 12.3. The van der Waals surface area contributed by atoms with Crippen molar-refractivity contribution >= 4 is 27.3 Å². The predicted octanol–water partition coefficient (Wildman–Crippen LogP) is 3.32. The zero-order chi connectivity index (χ0) is 14.8. The predicted molar refractivity (Wildman–Crippen MR) is 78.2 cm³/mol. The molecule has 0 unspecified atom stereocenters. The number of halogens is 1. The molecule has 2 aromatic carbocycles. The van der Waals surface area contributed by atoms with Crippen molar-refractivity contribution in [2.75, 3.05) is 4.72 Å². The average Bonchev–Trinajstić information content (AvgIpc) is 2.37. The Morgan fingerprint density at radius 1 is 1.20 bits per heavy atom. The molecule has 4 nitrogen and oxygen atoms in total. The van der Waals surface area contributed by atoms with Gasteiger partial charge in [-0.15, -0.1) is 0 Å². The van der Waals surface area contributed by atoms with Crippen molar-refractivity contribution in [1.82, 2.24) is 0 Å². The van der Waals surface area contributed by atoms with Crippen LogP contribution in [0.15, 0.2) is 47.4 Å². The minimum absolute atomic E-state index is 0.0178. The number of sulfonamides is 1. The summed E-state index contributed by atoms with van der Waals surface area (Å²) in [6, 6.07) is 13.0. The molecule has 0 aliphatic rings. The van der Waals surface area contributed by atoms with Crippen LogP contribution in [0.2, 0.25) is 5.02 Å². The van der Waals surface area contributed by atoms with Gasteiger partial charge < -0.3 is 0 Å². The van der Waals surface area contributed by atoms with E-state index in [9.17, 15) is 8.42 Å². The second-order valence-electron chi connectivity index (χ2n) is 4.23. The van der Waals surface area contributed by atoms with E-state index in [0.29, 0.717) is 11.3 Å². The van der Waals surface area contributed by atoms with E-state index in [2.05, 4.69) is 4.72 Å². The molecule has 0 spiro atoms. The van der Waals surface area contributed by atoms with Gasteiger partial charge in [-0.25, -0.2) is 8.42 Å². The third kappa shape index (κ3) is 3.10. The second kappa shape index (κ2) is 5.53. The number of rotatable bonds is 3. The van der Waals surface area contributed by atoms with Crippen LogP contribution in [0.4, 0.5) is 5.69 Å². The van der Waals surface area contributed by atoms with E-state index in [1.807, 2.05) is 19.1 Å². The van der Waals surface area contributed by atoms with Crippen molar-refractivity contribution in [1.29, 1.82) is 5.26 Å². The Hall–Kier alpha value is -2.03. The van der Waals surface area contributed by atoms with Gasteiger partial charge in [0.15, 0.2) is 0 Å². The normalized spacial score (nSPS) is 10.8. The van der Waals surface area contributed by atoms with E-state index in [1.165, 1.54) is 18.2 Å². The smallest absolute Gasteiger partial charge is 0.263 e. The molecule has 1 N–H and O–H groups in total. The Morgan fingerprint density at radius 2 is 1.95 bits per heavy atom. The van der Waals surface area contributed by atoms with Crippen molar-refractivity contribution in [3.05, 3.63) is 58.6 Å². The Bertz CT molecular complexity index is 795. The molecule has 2 rings (SSSR count). The number of nitrogens with zero attached hydrogens (tertiary/aromatic N) is 1. The summed E-state index contributed by atoms with van der Waals surface area (Å²) in [4.78, 5) is -0.0559. The lowest BCUT2D eigenvalue weighted by Gasteiger charge is -2.10. The van der Waals surface area contributed by atoms with Crippen molar-refractivity contribution in [2.45, 2.75) is 11.8 Å². The summed E-state index contributed by atoms with van der Waals surface area (Å²) in [6.45, 7) is 1.87. The standard InChI is InChI=1S/C14H11ClN2O2S/c1-10-3-2-4-12(7-10)17-20(18,19)14-6-5-11(9-16)8-13(14)15/h2-8,17H,1H3. The summed E-state index contributed by atoms with van der Waals surface area (Å²) >= 11 is 5.92. The van der Waals surface area contributed by atoms with Crippen LogP contribution in [0.1, 0.15) is 11.1 Å². The number of aryl methyl sites for hydroxylation is 1. The van der Waals surface area contributed by atoms with Crippen LogP contribution in [0, 0.1) is 18.3 Å². The van der Waals surface area contributed by atoms with Gasteiger partial charge in [-0.1, -0.05) is 23.7 Å². The molecule has 102 valence electrons. The van der Waals surface area contributed by atoms with Crippen LogP contribution in [0.3, 0.4) is 0 Å². The van der Waals surface area contributed by atoms with Crippen LogP contribution < -0.4 is 4.72 Å². The highest BCUT2D eigenvalue weighted by Gasteiger charge is 2.18. The fourth-order valence-electron chi connectivity index (χ4n) is 1.71. The lowest BCUT2D eigenvalue weighted by atomic mass is 10.2. The lowest BCUT2D eigenvalue weighted by Crippen LogP contribution is -2.13. The van der Waals surface area contributed by atoms with E-state index in [1.54, 1.807) is 18.2 Å². The Kier molecular flexibility index (Phi) is 3.98. The number of benzene rings is 2. The van der Waals surface area contributed by atoms with Crippen LogP contribution >= 0.6 is 11.6 Å². The molecular formula is C14H11ClN2O2S. The van der Waals surface area contributed by atoms with Crippen molar-refractivity contribution in [3.8, 4) is 6.07 Å². The minimum Gasteiger partial charge on any atom is -0.280 e. The van der Waals surface area contributed by atoms with Gasteiger partial charge in [-0.3, -0.25) is 4.72 Å². The van der Waals surface area contributed by atoms with Gasteiger partial charge in [0.25, 0.3) is 10.0 Å². The van der Waals surface area contributed by atoms with Gasteiger partial charge in [0.05, 0.1) is 16.7 Å². The molecule has 0 aliphatic carbocycles. The number of nitrogens with one attached hydrogen (secondary N) is 1. The molecule has 0 amide bonds. The van der Waals surface area contributed by atoms with Crippen molar-refractivity contribution in [2.24, 2.45) is 0 Å². The molecule has 20 heavy (non-hydrogen) atoms. The lowest BCUT2D eigenvalue weighted by molar-refractivity contribution is 0.601. The van der Waals surface area contributed by atoms with E-state index in [0.717, 1.165) is 5.56 Å². The van der Waals surface area contributed by atoms with E-state index < -0.39 is 10.0 Å². The molecule has 0 atom stereocenters. The molecule has 2 aromatic rings. The number of nitriles is 1. The quantitative estimate of drug-likeness (QED) is 0.945. The van der Waals surface area contributed by atoms with Crippen LogP contribution in [0.25, 0.3) is 0 Å². The monoisotopic (exact) mass is 306 g/mol. The average molecular weight is 307 g/mol. The Balaban J connectivity index is 2.39. The van der Waals surface area contributed by atoms with Crippen molar-refractivity contribution in [3.63, 3.8) is 0 Å². The first kappa shape index (κ1) is 14.4. The number of anilines is 1. The Morgan fingerprint density at radius 3 is 2.55 bits per heavy atom. The number of hydrogen-bond acceptors (Lipinski definition) is 3. The maximum atomic E-state index is 12.3. The molecule has 0 fully saturated rings. The summed E-state index contributed by atoms with van der Waals surface area (Å²) < 4.78 is 27.0. The van der Waals surface area contributed by atoms with Gasteiger partial charge in [0, 0.05) is 5.69 Å². The molecular weight excluding hydrogens is 296 g/mol. The van der Waals surface area contributed by atoms with Crippen LogP contribution in [0.5, 0.6) is 0 Å². The molecule has 0 saturated carbocycles. The highest BCUT2D eigenvalue weighted by Crippen LogP contribution is 2.25. The third-order valence-electron chi connectivity index (χ3n) is 2.62. The second-order valence-corrected chi connectivity index (χ2v) is 6.29. The highest BCUT2D eigenvalue weighted by molar-refractivity contribution is 7.92. The SMILES string of the molecule is Cc1cccc(NS(=O)(=O)c2ccc(C#N)cc2Cl)c1. The van der Waals surface area contributed by atoms with E-state index >= 15 is 0 Å². The van der Waals surface area contributed by atoms with Crippen LogP contribution in [-0.4, -0.2) is 8.42 Å². The zero-order valence-electron chi connectivity index (χ0n) is 10.6. The van der Waals surface area contributed by atoms with Crippen LogP contribution in [-0.2, 0) is 10.0 Å². The highest BCUT2D eigenvalue weighted by atomic mass is 35.5. The summed E-state index contributed by atoms with van der Waals surface area (Å²) in [6.07, 6.45) is 0. The number of hydrogen-bond donors (Lipinski definition) is 1. The molecule has 6 heteroatoms. The van der Waals surface area contributed by atoms with Gasteiger partial charge in [-0.2, -0.15) is 5.26 Å². The Labute approximate surface area is 122 Å².